The SMILES string of the molecule is CC[C@@H](C)c1ccc2c(ccn2C)c1. The third-order valence-electron chi connectivity index (χ3n) is 3.09. The Bertz CT molecular complexity index is 439. The lowest BCUT2D eigenvalue weighted by Crippen LogP contribution is -1.91. The van der Waals surface area contributed by atoms with Crippen molar-refractivity contribution < 1.29 is 0 Å². The number of fused-ring (bicyclic) bond motifs is 1. The van der Waals surface area contributed by atoms with Gasteiger partial charge in [-0.1, -0.05) is 19.9 Å². The van der Waals surface area contributed by atoms with Crippen molar-refractivity contribution in [3.8, 4) is 0 Å². The van der Waals surface area contributed by atoms with E-state index in [1.807, 2.05) is 0 Å². The fourth-order valence-corrected chi connectivity index (χ4v) is 1.84. The zero-order valence-corrected chi connectivity index (χ0v) is 9.12. The fraction of sp³-hybridized carbons (Fsp3) is 0.385. The zero-order valence-electron chi connectivity index (χ0n) is 9.12. The van der Waals surface area contributed by atoms with Crippen LogP contribution in [0.4, 0.5) is 0 Å². The maximum Gasteiger partial charge on any atom is 0.0477 e. The van der Waals surface area contributed by atoms with Crippen molar-refractivity contribution in [2.24, 2.45) is 7.05 Å². The monoisotopic (exact) mass is 187 g/mol. The molecule has 1 heterocycles. The van der Waals surface area contributed by atoms with Crippen LogP contribution >= 0.6 is 0 Å². The highest BCUT2D eigenvalue weighted by molar-refractivity contribution is 5.80. The van der Waals surface area contributed by atoms with E-state index in [2.05, 4.69) is 55.9 Å². The molecule has 1 heteroatoms. The van der Waals surface area contributed by atoms with E-state index in [-0.39, 0.29) is 0 Å². The molecule has 1 aromatic heterocycles. The third-order valence-corrected chi connectivity index (χ3v) is 3.09. The molecule has 0 aliphatic carbocycles. The van der Waals surface area contributed by atoms with E-state index < -0.39 is 0 Å². The molecule has 0 saturated carbocycles. The molecule has 74 valence electrons. The summed E-state index contributed by atoms with van der Waals surface area (Å²) in [5.41, 5.74) is 2.77. The van der Waals surface area contributed by atoms with E-state index in [9.17, 15) is 0 Å². The molecule has 0 radical (unpaired) electrons. The number of nitrogens with zero attached hydrogens (tertiary/aromatic N) is 1. The summed E-state index contributed by atoms with van der Waals surface area (Å²) in [5, 5.41) is 1.35. The smallest absolute Gasteiger partial charge is 0.0477 e. The van der Waals surface area contributed by atoms with Crippen molar-refractivity contribution in [3.63, 3.8) is 0 Å². The lowest BCUT2D eigenvalue weighted by molar-refractivity contribution is 0.734. The Morgan fingerprint density at radius 3 is 2.79 bits per heavy atom. The van der Waals surface area contributed by atoms with Gasteiger partial charge in [-0.15, -0.1) is 0 Å². The standard InChI is InChI=1S/C13H17N/c1-4-10(2)11-5-6-13-12(9-11)7-8-14(13)3/h5-10H,4H2,1-3H3/t10-/m1/s1. The fourth-order valence-electron chi connectivity index (χ4n) is 1.84. The van der Waals surface area contributed by atoms with Gasteiger partial charge in [0.15, 0.2) is 0 Å². The summed E-state index contributed by atoms with van der Waals surface area (Å²) in [4.78, 5) is 0. The predicted octanol–water partition coefficient (Wildman–Crippen LogP) is 3.69. The van der Waals surface area contributed by atoms with Crippen molar-refractivity contribution in [3.05, 3.63) is 36.0 Å². The molecule has 14 heavy (non-hydrogen) atoms. The van der Waals surface area contributed by atoms with Gasteiger partial charge in [0, 0.05) is 18.8 Å². The quantitative estimate of drug-likeness (QED) is 0.675. The normalized spacial score (nSPS) is 13.4. The van der Waals surface area contributed by atoms with E-state index in [1.165, 1.54) is 22.9 Å². The minimum atomic E-state index is 0.666. The average molecular weight is 187 g/mol. The van der Waals surface area contributed by atoms with Gasteiger partial charge < -0.3 is 4.57 Å². The molecule has 1 aromatic carbocycles. The van der Waals surface area contributed by atoms with Crippen molar-refractivity contribution in [1.29, 1.82) is 0 Å². The van der Waals surface area contributed by atoms with Crippen molar-refractivity contribution in [2.45, 2.75) is 26.2 Å². The molecule has 0 N–H and O–H groups in total. The van der Waals surface area contributed by atoms with Gasteiger partial charge in [-0.2, -0.15) is 0 Å². The minimum absolute atomic E-state index is 0.666. The molecular weight excluding hydrogens is 170 g/mol. The molecule has 0 bridgehead atoms. The van der Waals surface area contributed by atoms with Gasteiger partial charge in [0.05, 0.1) is 0 Å². The van der Waals surface area contributed by atoms with Gasteiger partial charge in [-0.05, 0) is 41.5 Å². The van der Waals surface area contributed by atoms with Gasteiger partial charge in [-0.3, -0.25) is 0 Å². The lowest BCUT2D eigenvalue weighted by Gasteiger charge is -2.08. The summed E-state index contributed by atoms with van der Waals surface area (Å²) in [6.45, 7) is 4.52. The highest BCUT2D eigenvalue weighted by atomic mass is 14.9. The number of aromatic nitrogens is 1. The van der Waals surface area contributed by atoms with Crippen LogP contribution in [-0.2, 0) is 7.05 Å². The summed E-state index contributed by atoms with van der Waals surface area (Å²) in [5.74, 6) is 0.666. The summed E-state index contributed by atoms with van der Waals surface area (Å²) in [6.07, 6.45) is 3.32. The Morgan fingerprint density at radius 2 is 2.07 bits per heavy atom. The molecule has 0 fully saturated rings. The van der Waals surface area contributed by atoms with Crippen LogP contribution in [0.1, 0.15) is 31.7 Å². The Kier molecular flexibility index (Phi) is 2.32. The Hall–Kier alpha value is -1.24. The molecule has 0 amide bonds. The molecule has 0 aliphatic heterocycles. The summed E-state index contributed by atoms with van der Waals surface area (Å²) >= 11 is 0. The number of rotatable bonds is 2. The number of hydrogen-bond acceptors (Lipinski definition) is 0. The number of benzene rings is 1. The minimum Gasteiger partial charge on any atom is -0.351 e. The Morgan fingerprint density at radius 1 is 1.29 bits per heavy atom. The van der Waals surface area contributed by atoms with Crippen LogP contribution in [0.2, 0.25) is 0 Å². The predicted molar refractivity (Wildman–Crippen MR) is 61.6 cm³/mol. The molecule has 0 saturated heterocycles. The van der Waals surface area contributed by atoms with Gasteiger partial charge >= 0.3 is 0 Å². The van der Waals surface area contributed by atoms with E-state index in [0.717, 1.165) is 0 Å². The van der Waals surface area contributed by atoms with Crippen molar-refractivity contribution in [1.82, 2.24) is 4.57 Å². The van der Waals surface area contributed by atoms with Crippen molar-refractivity contribution in [2.75, 3.05) is 0 Å². The van der Waals surface area contributed by atoms with E-state index in [4.69, 9.17) is 0 Å². The van der Waals surface area contributed by atoms with Crippen LogP contribution in [0, 0.1) is 0 Å². The zero-order chi connectivity index (χ0) is 10.1. The van der Waals surface area contributed by atoms with Gasteiger partial charge in [0.25, 0.3) is 0 Å². The van der Waals surface area contributed by atoms with E-state index in [1.54, 1.807) is 0 Å². The van der Waals surface area contributed by atoms with Crippen LogP contribution in [-0.4, -0.2) is 4.57 Å². The maximum absolute atomic E-state index is 2.31. The first kappa shape index (κ1) is 9.32. The highest BCUT2D eigenvalue weighted by Crippen LogP contribution is 2.23. The van der Waals surface area contributed by atoms with Crippen molar-refractivity contribution >= 4 is 10.9 Å². The first-order chi connectivity index (χ1) is 6.72. The van der Waals surface area contributed by atoms with Gasteiger partial charge in [-0.25, -0.2) is 0 Å². The molecule has 2 rings (SSSR count). The second-order valence-corrected chi connectivity index (χ2v) is 4.05. The molecule has 1 nitrogen and oxygen atoms in total. The summed E-state index contributed by atoms with van der Waals surface area (Å²) in [7, 11) is 2.09. The molecule has 2 aromatic rings. The van der Waals surface area contributed by atoms with Crippen LogP contribution in [0.25, 0.3) is 10.9 Å². The van der Waals surface area contributed by atoms with Crippen LogP contribution < -0.4 is 0 Å². The van der Waals surface area contributed by atoms with Crippen LogP contribution in [0.15, 0.2) is 30.5 Å². The molecule has 0 unspecified atom stereocenters. The second-order valence-electron chi connectivity index (χ2n) is 4.05. The van der Waals surface area contributed by atoms with E-state index >= 15 is 0 Å². The number of hydrogen-bond donors (Lipinski definition) is 0. The van der Waals surface area contributed by atoms with Gasteiger partial charge in [0.1, 0.15) is 0 Å². The maximum atomic E-state index is 2.31. The Labute approximate surface area is 85.4 Å². The van der Waals surface area contributed by atoms with Gasteiger partial charge in [0.2, 0.25) is 0 Å². The summed E-state index contributed by atoms with van der Waals surface area (Å²) in [6, 6.07) is 8.96. The first-order valence-corrected chi connectivity index (χ1v) is 5.27. The summed E-state index contributed by atoms with van der Waals surface area (Å²) < 4.78 is 2.16. The lowest BCUT2D eigenvalue weighted by atomic mass is 9.98. The first-order valence-electron chi connectivity index (χ1n) is 5.27. The molecule has 0 aliphatic rings. The van der Waals surface area contributed by atoms with Crippen LogP contribution in [0.5, 0.6) is 0 Å². The highest BCUT2D eigenvalue weighted by Gasteiger charge is 2.04. The third kappa shape index (κ3) is 1.43. The van der Waals surface area contributed by atoms with E-state index in [0.29, 0.717) is 5.92 Å². The number of aryl methyl sites for hydroxylation is 1. The molecular formula is C13H17N. The topological polar surface area (TPSA) is 4.93 Å². The largest absolute Gasteiger partial charge is 0.351 e. The molecule has 1 atom stereocenters. The molecule has 0 spiro atoms. The average Bonchev–Trinajstić information content (AvgIpc) is 2.59. The Balaban J connectivity index is 2.52. The second kappa shape index (κ2) is 3.49. The van der Waals surface area contributed by atoms with Crippen LogP contribution in [0.3, 0.4) is 0 Å².